The number of benzene rings is 8. The Balaban J connectivity index is 0.000000264. The van der Waals surface area contributed by atoms with Crippen LogP contribution in [0.1, 0.15) is 31.8 Å². The summed E-state index contributed by atoms with van der Waals surface area (Å²) in [6.07, 6.45) is 1.76. The molecule has 0 heterocycles. The van der Waals surface area contributed by atoms with Crippen LogP contribution in [0.5, 0.6) is 0 Å². The quantitative estimate of drug-likeness (QED) is 0.139. The topological polar surface area (TPSA) is 84.1 Å². The first kappa shape index (κ1) is 50.1. The van der Waals surface area contributed by atoms with Crippen molar-refractivity contribution in [2.24, 2.45) is 0 Å². The van der Waals surface area contributed by atoms with Gasteiger partial charge < -0.3 is 48.9 Å². The zero-order valence-corrected chi connectivity index (χ0v) is 40.1. The van der Waals surface area contributed by atoms with Crippen LogP contribution in [0.2, 0.25) is 0 Å². The monoisotopic (exact) mass is 998 g/mol. The molecule has 8 aromatic carbocycles. The molecule has 0 radical (unpaired) electrons. The molecule has 8 aromatic rings. The molecule has 5 nitrogen and oxygen atoms in total. The fraction of sp³-hybridized carbons (Fsp3) is 0.0741. The molecule has 0 unspecified atom stereocenters. The Bertz CT molecular complexity index is 2190. The van der Waals surface area contributed by atoms with Crippen molar-refractivity contribution in [1.82, 2.24) is 0 Å². The van der Waals surface area contributed by atoms with Gasteiger partial charge in [0.15, 0.2) is 0 Å². The van der Waals surface area contributed by atoms with E-state index in [2.05, 4.69) is 206 Å². The molecule has 63 heavy (non-hydrogen) atoms. The molecule has 320 valence electrons. The van der Waals surface area contributed by atoms with Crippen LogP contribution in [-0.2, 0) is 21.8 Å². The SMILES string of the molecule is COC(=O)c1ccc(C[P+](c2ccccc2)(c2ccccc2)c2ccccc2)cc1.COC(=O)c1ccc(C[P+](c2ccccc2)(c2ccccc2)c2ccccc2)cc1.O.[Br-].[Br-]. The molecule has 0 aliphatic rings. The summed E-state index contributed by atoms with van der Waals surface area (Å²) in [6, 6.07) is 80.5. The minimum Gasteiger partial charge on any atom is -1.00 e. The zero-order valence-electron chi connectivity index (χ0n) is 35.1. The first-order chi connectivity index (χ1) is 29.5. The van der Waals surface area contributed by atoms with Crippen LogP contribution >= 0.6 is 14.5 Å². The Morgan fingerprint density at radius 2 is 0.524 bits per heavy atom. The molecule has 0 saturated carbocycles. The number of rotatable bonds is 12. The van der Waals surface area contributed by atoms with Gasteiger partial charge in [-0.05, 0) is 108 Å². The minimum absolute atomic E-state index is 0. The Morgan fingerprint density at radius 1 is 0.333 bits per heavy atom. The van der Waals surface area contributed by atoms with E-state index in [0.29, 0.717) is 11.1 Å². The van der Waals surface area contributed by atoms with Crippen LogP contribution < -0.4 is 65.8 Å². The molecular weight excluding hydrogens is 950 g/mol. The summed E-state index contributed by atoms with van der Waals surface area (Å²) < 4.78 is 9.71. The lowest BCUT2D eigenvalue weighted by Crippen LogP contribution is -3.00. The molecule has 8 rings (SSSR count). The fourth-order valence-corrected chi connectivity index (χ4v) is 16.3. The second-order valence-electron chi connectivity index (χ2n) is 14.3. The lowest BCUT2D eigenvalue weighted by molar-refractivity contribution is -0.001000. The number of hydrogen-bond donors (Lipinski definition) is 0. The zero-order chi connectivity index (χ0) is 41.6. The molecule has 2 N–H and O–H groups in total. The summed E-state index contributed by atoms with van der Waals surface area (Å²) in [7, 11) is -1.05. The van der Waals surface area contributed by atoms with Gasteiger partial charge in [-0.25, -0.2) is 9.59 Å². The van der Waals surface area contributed by atoms with Crippen molar-refractivity contribution >= 4 is 58.3 Å². The van der Waals surface area contributed by atoms with Gasteiger partial charge >= 0.3 is 11.9 Å². The lowest BCUT2D eigenvalue weighted by atomic mass is 10.1. The van der Waals surface area contributed by atoms with Crippen molar-refractivity contribution in [3.8, 4) is 0 Å². The van der Waals surface area contributed by atoms with Gasteiger partial charge in [0, 0.05) is 0 Å². The molecule has 0 amide bonds. The van der Waals surface area contributed by atoms with Crippen molar-refractivity contribution in [1.29, 1.82) is 0 Å². The van der Waals surface area contributed by atoms with Gasteiger partial charge in [0.25, 0.3) is 0 Å². The normalized spacial score (nSPS) is 10.6. The van der Waals surface area contributed by atoms with Gasteiger partial charge in [-0.2, -0.15) is 0 Å². The number of esters is 2. The Morgan fingerprint density at radius 3 is 0.698 bits per heavy atom. The van der Waals surface area contributed by atoms with Crippen molar-refractivity contribution in [2.75, 3.05) is 14.2 Å². The molecule has 0 atom stereocenters. The van der Waals surface area contributed by atoms with E-state index in [0.717, 1.165) is 12.3 Å². The highest BCUT2D eigenvalue weighted by Gasteiger charge is 2.46. The summed E-state index contributed by atoms with van der Waals surface area (Å²) >= 11 is 0. The third kappa shape index (κ3) is 11.5. The van der Waals surface area contributed by atoms with Gasteiger partial charge in [0.05, 0.1) is 37.7 Å². The van der Waals surface area contributed by atoms with Crippen LogP contribution in [0, 0.1) is 0 Å². The highest BCUT2D eigenvalue weighted by molar-refractivity contribution is 7.95. The molecule has 0 spiro atoms. The lowest BCUT2D eigenvalue weighted by Gasteiger charge is -2.27. The molecular formula is C54H50Br2O5P2. The van der Waals surface area contributed by atoms with Crippen molar-refractivity contribution in [3.63, 3.8) is 0 Å². The predicted molar refractivity (Wildman–Crippen MR) is 257 cm³/mol. The number of carbonyl (C=O) groups excluding carboxylic acids is 2. The number of carbonyl (C=O) groups is 2. The highest BCUT2D eigenvalue weighted by Crippen LogP contribution is 2.59. The third-order valence-electron chi connectivity index (χ3n) is 10.8. The summed E-state index contributed by atoms with van der Waals surface area (Å²) in [4.78, 5) is 23.7. The van der Waals surface area contributed by atoms with Gasteiger partial charge in [-0.3, -0.25) is 0 Å². The molecule has 9 heteroatoms. The summed E-state index contributed by atoms with van der Waals surface area (Å²) in [6.45, 7) is 0. The van der Waals surface area contributed by atoms with E-state index >= 15 is 0 Å². The average molecular weight is 1000 g/mol. The van der Waals surface area contributed by atoms with Crippen molar-refractivity contribution in [2.45, 2.75) is 12.3 Å². The van der Waals surface area contributed by atoms with E-state index in [1.165, 1.54) is 57.2 Å². The summed E-state index contributed by atoms with van der Waals surface area (Å²) in [5.41, 5.74) is 3.55. The van der Waals surface area contributed by atoms with Gasteiger partial charge in [0.1, 0.15) is 46.4 Å². The van der Waals surface area contributed by atoms with Crippen molar-refractivity contribution < 1.29 is 58.5 Å². The number of methoxy groups -OCH3 is 2. The van der Waals surface area contributed by atoms with Crippen LogP contribution in [-0.4, -0.2) is 31.6 Å². The number of ether oxygens (including phenoxy) is 2. The molecule has 0 aliphatic carbocycles. The maximum Gasteiger partial charge on any atom is 0.337 e. The van der Waals surface area contributed by atoms with E-state index in [-0.39, 0.29) is 51.4 Å². The van der Waals surface area contributed by atoms with E-state index < -0.39 is 14.5 Å². The highest BCUT2D eigenvalue weighted by atomic mass is 79.9. The maximum absolute atomic E-state index is 11.9. The molecule has 0 aliphatic heterocycles. The van der Waals surface area contributed by atoms with E-state index in [1.54, 1.807) is 0 Å². The number of halogens is 2. The van der Waals surface area contributed by atoms with Crippen LogP contribution in [0.25, 0.3) is 0 Å². The molecule has 0 fully saturated rings. The van der Waals surface area contributed by atoms with Crippen molar-refractivity contribution in [3.05, 3.63) is 253 Å². The standard InChI is InChI=1S/2C27H24O2P.2BrH.H2O/c2*1-29-27(28)23-19-17-22(18-20-23)21-30(24-11-5-2-6-12-24,25-13-7-3-8-14-25)26-15-9-4-10-16-26;;;/h2*2-20H,21H2,1H3;2*1H;1H2/q2*+1;;;/p-2. The summed E-state index contributed by atoms with van der Waals surface area (Å²) in [5, 5.41) is 8.08. The first-order valence-corrected chi connectivity index (χ1v) is 23.9. The number of hydrogen-bond acceptors (Lipinski definition) is 4. The Hall–Kier alpha value is -5.52. The largest absolute Gasteiger partial charge is 1.00 e. The smallest absolute Gasteiger partial charge is 0.337 e. The summed E-state index contributed by atoms with van der Waals surface area (Å²) in [5.74, 6) is -0.617. The minimum atomic E-state index is -1.94. The third-order valence-corrected chi connectivity index (χ3v) is 19.5. The van der Waals surface area contributed by atoms with E-state index in [9.17, 15) is 9.59 Å². The molecule has 0 saturated heterocycles. The Kier molecular flexibility index (Phi) is 19.4. The van der Waals surface area contributed by atoms with E-state index in [1.807, 2.05) is 24.3 Å². The van der Waals surface area contributed by atoms with Crippen LogP contribution in [0.3, 0.4) is 0 Å². The first-order valence-electron chi connectivity index (χ1n) is 19.9. The van der Waals surface area contributed by atoms with Gasteiger partial charge in [-0.1, -0.05) is 133 Å². The second kappa shape index (κ2) is 24.4. The molecule has 0 aromatic heterocycles. The maximum atomic E-state index is 11.9. The van der Waals surface area contributed by atoms with Gasteiger partial charge in [-0.15, -0.1) is 0 Å². The fourth-order valence-electron chi connectivity index (χ4n) is 7.81. The van der Waals surface area contributed by atoms with Gasteiger partial charge in [0.2, 0.25) is 0 Å². The van der Waals surface area contributed by atoms with E-state index in [4.69, 9.17) is 9.47 Å². The van der Waals surface area contributed by atoms with Crippen LogP contribution in [0.15, 0.2) is 231 Å². The Labute approximate surface area is 393 Å². The average Bonchev–Trinajstić information content (AvgIpc) is 3.34. The predicted octanol–water partition coefficient (Wildman–Crippen LogP) is 3.12. The second-order valence-corrected chi connectivity index (χ2v) is 21.3. The molecule has 0 bridgehead atoms. The van der Waals surface area contributed by atoms with Crippen LogP contribution in [0.4, 0.5) is 0 Å².